The summed E-state index contributed by atoms with van der Waals surface area (Å²) in [6, 6.07) is 8.16. The first-order valence-corrected chi connectivity index (χ1v) is 3.77. The molecule has 0 saturated carbocycles. The first-order chi connectivity index (χ1) is 5.83. The van der Waals surface area contributed by atoms with E-state index in [4.69, 9.17) is 0 Å². The van der Waals surface area contributed by atoms with Crippen LogP contribution in [-0.4, -0.2) is 0 Å². The molecule has 0 aromatic heterocycles. The molecule has 0 heterocycles. The number of hydrogen-bond acceptors (Lipinski definition) is 1. The van der Waals surface area contributed by atoms with Crippen molar-refractivity contribution in [2.24, 2.45) is 0 Å². The summed E-state index contributed by atoms with van der Waals surface area (Å²) < 4.78 is 0. The molecule has 0 fully saturated rings. The van der Waals surface area contributed by atoms with E-state index in [2.05, 4.69) is 44.1 Å². The molecule has 0 aliphatic carbocycles. The highest BCUT2D eigenvalue weighted by Gasteiger charge is 1.85. The van der Waals surface area contributed by atoms with E-state index in [-0.39, 0.29) is 0 Å². The second-order valence-electron chi connectivity index (χ2n) is 2.22. The van der Waals surface area contributed by atoms with Crippen molar-refractivity contribution < 1.29 is 0 Å². The molecule has 0 atom stereocenters. The Balaban J connectivity index is 0.000000561. The minimum Gasteiger partial charge on any atom is -0.362 e. The first kappa shape index (κ1) is 10.5. The third-order valence-corrected chi connectivity index (χ3v) is 1.29. The zero-order valence-corrected chi connectivity index (χ0v) is 7.51. The van der Waals surface area contributed by atoms with E-state index in [1.165, 1.54) is 5.56 Å². The van der Waals surface area contributed by atoms with E-state index in [1.807, 2.05) is 12.1 Å². The lowest BCUT2D eigenvalue weighted by Crippen LogP contribution is -1.85. The molecule has 1 aromatic carbocycles. The van der Waals surface area contributed by atoms with Gasteiger partial charge in [0.05, 0.1) is 0 Å². The smallest absolute Gasteiger partial charge is 0.0382 e. The van der Waals surface area contributed by atoms with Gasteiger partial charge in [-0.25, -0.2) is 0 Å². The fourth-order valence-corrected chi connectivity index (χ4v) is 0.853. The lowest BCUT2D eigenvalue weighted by atomic mass is 10.2. The largest absolute Gasteiger partial charge is 0.362 e. The van der Waals surface area contributed by atoms with Crippen LogP contribution in [0.3, 0.4) is 0 Å². The minimum atomic E-state index is 1.09. The van der Waals surface area contributed by atoms with Crippen LogP contribution in [0.1, 0.15) is 5.56 Å². The average molecular weight is 161 g/mol. The summed E-state index contributed by atoms with van der Waals surface area (Å²) in [6.07, 6.45) is 1.68. The fourth-order valence-electron chi connectivity index (χ4n) is 0.853. The predicted octanol–water partition coefficient (Wildman–Crippen LogP) is 3.35. The van der Waals surface area contributed by atoms with Crippen LogP contribution in [0.5, 0.6) is 0 Å². The third-order valence-electron chi connectivity index (χ3n) is 1.29. The van der Waals surface area contributed by atoms with Crippen molar-refractivity contribution in [3.05, 3.63) is 55.8 Å². The number of nitrogens with one attached hydrogen (secondary N) is 1. The van der Waals surface area contributed by atoms with Crippen molar-refractivity contribution in [1.29, 1.82) is 0 Å². The maximum Gasteiger partial charge on any atom is 0.0382 e. The minimum absolute atomic E-state index is 1.09. The predicted molar refractivity (Wildman–Crippen MR) is 56.3 cm³/mol. The molecule has 0 aliphatic rings. The standard InChI is InChI=1S/C9H11N.C2H4/c1-3-10-9-6-4-5-8(2)7-9;1-2/h3-7,10H,1H2,2H3;1-2H2. The molecule has 0 spiro atoms. The SMILES string of the molecule is C=C.C=CNc1cccc(C)c1. The first-order valence-electron chi connectivity index (χ1n) is 3.77. The van der Waals surface area contributed by atoms with Crippen LogP contribution in [0.25, 0.3) is 0 Å². The fraction of sp³-hybridized carbons (Fsp3) is 0.0909. The van der Waals surface area contributed by atoms with Gasteiger partial charge in [0.15, 0.2) is 0 Å². The van der Waals surface area contributed by atoms with Crippen molar-refractivity contribution in [2.45, 2.75) is 6.92 Å². The second kappa shape index (κ2) is 6.23. The Kier molecular flexibility index (Phi) is 5.45. The van der Waals surface area contributed by atoms with Crippen LogP contribution >= 0.6 is 0 Å². The van der Waals surface area contributed by atoms with Gasteiger partial charge in [-0.1, -0.05) is 18.7 Å². The zero-order chi connectivity index (χ0) is 9.40. The van der Waals surface area contributed by atoms with Crippen molar-refractivity contribution in [3.8, 4) is 0 Å². The summed E-state index contributed by atoms with van der Waals surface area (Å²) in [5.74, 6) is 0. The molecule has 0 amide bonds. The van der Waals surface area contributed by atoms with Crippen LogP contribution in [0.15, 0.2) is 50.2 Å². The van der Waals surface area contributed by atoms with Crippen molar-refractivity contribution in [3.63, 3.8) is 0 Å². The Morgan fingerprint density at radius 3 is 2.50 bits per heavy atom. The Morgan fingerprint density at radius 2 is 2.00 bits per heavy atom. The lowest BCUT2D eigenvalue weighted by Gasteiger charge is -1.99. The van der Waals surface area contributed by atoms with E-state index in [1.54, 1.807) is 6.20 Å². The number of benzene rings is 1. The number of rotatable bonds is 2. The molecule has 1 N–H and O–H groups in total. The molecular weight excluding hydrogens is 146 g/mol. The van der Waals surface area contributed by atoms with Gasteiger partial charge in [-0.15, -0.1) is 13.2 Å². The normalized spacial score (nSPS) is 7.75. The molecular formula is C11H15N. The summed E-state index contributed by atoms with van der Waals surface area (Å²) in [5.41, 5.74) is 2.35. The van der Waals surface area contributed by atoms with Gasteiger partial charge in [-0.05, 0) is 30.8 Å². The summed E-state index contributed by atoms with van der Waals surface area (Å²) >= 11 is 0. The number of anilines is 1. The van der Waals surface area contributed by atoms with Crippen LogP contribution in [0.2, 0.25) is 0 Å². The Bertz CT molecular complexity index is 241. The van der Waals surface area contributed by atoms with Crippen molar-refractivity contribution in [1.82, 2.24) is 0 Å². The number of aryl methyl sites for hydroxylation is 1. The maximum atomic E-state index is 3.57. The van der Waals surface area contributed by atoms with Crippen molar-refractivity contribution >= 4 is 5.69 Å². The molecule has 1 heteroatoms. The van der Waals surface area contributed by atoms with Gasteiger partial charge in [-0.2, -0.15) is 0 Å². The summed E-state index contributed by atoms with van der Waals surface area (Å²) in [7, 11) is 0. The number of hydrogen-bond donors (Lipinski definition) is 1. The van der Waals surface area contributed by atoms with Crippen LogP contribution in [-0.2, 0) is 0 Å². The van der Waals surface area contributed by atoms with E-state index in [0.29, 0.717) is 0 Å². The van der Waals surface area contributed by atoms with Gasteiger partial charge in [0.1, 0.15) is 0 Å². The highest BCUT2D eigenvalue weighted by atomic mass is 14.8. The van der Waals surface area contributed by atoms with Gasteiger partial charge in [0.25, 0.3) is 0 Å². The maximum absolute atomic E-state index is 3.57. The van der Waals surface area contributed by atoms with Crippen LogP contribution in [0.4, 0.5) is 5.69 Å². The monoisotopic (exact) mass is 161 g/mol. The Labute approximate surface area is 74.4 Å². The van der Waals surface area contributed by atoms with Gasteiger partial charge < -0.3 is 5.32 Å². The molecule has 0 bridgehead atoms. The summed E-state index contributed by atoms with van der Waals surface area (Å²) in [4.78, 5) is 0. The molecule has 0 aliphatic heterocycles. The van der Waals surface area contributed by atoms with Gasteiger partial charge in [-0.3, -0.25) is 0 Å². The summed E-state index contributed by atoms with van der Waals surface area (Å²) in [5, 5.41) is 3.01. The molecule has 12 heavy (non-hydrogen) atoms. The van der Waals surface area contributed by atoms with Gasteiger partial charge >= 0.3 is 0 Å². The van der Waals surface area contributed by atoms with Gasteiger partial charge in [0.2, 0.25) is 0 Å². The van der Waals surface area contributed by atoms with Gasteiger partial charge in [0, 0.05) is 5.69 Å². The second-order valence-corrected chi connectivity index (χ2v) is 2.22. The third kappa shape index (κ3) is 3.62. The van der Waals surface area contributed by atoms with Crippen LogP contribution in [0, 0.1) is 6.92 Å². The Hall–Kier alpha value is -1.50. The van der Waals surface area contributed by atoms with E-state index < -0.39 is 0 Å². The quantitative estimate of drug-likeness (QED) is 0.656. The lowest BCUT2D eigenvalue weighted by molar-refractivity contribution is 1.46. The molecule has 0 radical (unpaired) electrons. The average Bonchev–Trinajstić information content (AvgIpc) is 2.09. The highest BCUT2D eigenvalue weighted by Crippen LogP contribution is 2.08. The molecule has 0 unspecified atom stereocenters. The van der Waals surface area contributed by atoms with E-state index in [9.17, 15) is 0 Å². The molecule has 1 aromatic rings. The van der Waals surface area contributed by atoms with E-state index in [0.717, 1.165) is 5.69 Å². The van der Waals surface area contributed by atoms with E-state index >= 15 is 0 Å². The molecule has 1 rings (SSSR count). The van der Waals surface area contributed by atoms with Crippen molar-refractivity contribution in [2.75, 3.05) is 5.32 Å². The molecule has 1 nitrogen and oxygen atoms in total. The zero-order valence-electron chi connectivity index (χ0n) is 7.51. The molecule has 0 saturated heterocycles. The molecule has 64 valence electrons. The van der Waals surface area contributed by atoms with Crippen LogP contribution < -0.4 is 5.32 Å². The highest BCUT2D eigenvalue weighted by molar-refractivity contribution is 5.47. The topological polar surface area (TPSA) is 12.0 Å². The Morgan fingerprint density at radius 1 is 1.33 bits per heavy atom. The summed E-state index contributed by atoms with van der Waals surface area (Å²) in [6.45, 7) is 11.6.